The quantitative estimate of drug-likeness (QED) is 0.394. The highest BCUT2D eigenvalue weighted by Crippen LogP contribution is 2.50. The van der Waals surface area contributed by atoms with Crippen LogP contribution in [0.4, 0.5) is 4.39 Å². The van der Waals surface area contributed by atoms with E-state index in [0.29, 0.717) is 17.3 Å². The average molecular weight is 518 g/mol. The molecule has 5 rings (SSSR count). The first-order chi connectivity index (χ1) is 17.0. The van der Waals surface area contributed by atoms with Gasteiger partial charge in [0.05, 0.1) is 10.1 Å². The van der Waals surface area contributed by atoms with Crippen LogP contribution in [0.5, 0.6) is 23.0 Å². The molecule has 1 fully saturated rings. The van der Waals surface area contributed by atoms with E-state index in [1.807, 2.05) is 36.4 Å². The fourth-order valence-corrected chi connectivity index (χ4v) is 5.49. The second-order valence-corrected chi connectivity index (χ2v) is 10.0. The monoisotopic (exact) mass is 517 g/mol. The van der Waals surface area contributed by atoms with Crippen molar-refractivity contribution in [2.75, 3.05) is 32.8 Å². The van der Waals surface area contributed by atoms with Crippen LogP contribution in [-0.2, 0) is 0 Å². The van der Waals surface area contributed by atoms with Gasteiger partial charge in [-0.05, 0) is 61.8 Å². The standard InChI is InChI=1S/C14H10ClFO3S.C13H19NO/c15-12-13(18)9(16)5-10-14(12)19-6-11(20-10)7-2-1-3-8(17)4-7;1-3-7-13(8-4-1)15-12-11-14-9-5-2-6-10-14/h1-5,11,17-18H,6H2;1,3-4,7-8H,2,5-6,9-12H2/t11-;/m0./s1. The van der Waals surface area contributed by atoms with Crippen molar-refractivity contribution in [3.63, 3.8) is 0 Å². The predicted molar refractivity (Wildman–Crippen MR) is 138 cm³/mol. The zero-order chi connectivity index (χ0) is 24.6. The Kier molecular flexibility index (Phi) is 9.01. The summed E-state index contributed by atoms with van der Waals surface area (Å²) in [4.78, 5) is 3.02. The Morgan fingerprint density at radius 3 is 2.54 bits per heavy atom. The number of rotatable bonds is 5. The van der Waals surface area contributed by atoms with Crippen molar-refractivity contribution in [3.05, 3.63) is 77.1 Å². The van der Waals surface area contributed by atoms with Gasteiger partial charge in [0.15, 0.2) is 17.3 Å². The average Bonchev–Trinajstić information content (AvgIpc) is 2.89. The van der Waals surface area contributed by atoms with Gasteiger partial charge < -0.3 is 19.7 Å². The maximum Gasteiger partial charge on any atom is 0.174 e. The lowest BCUT2D eigenvalue weighted by Gasteiger charge is -2.26. The maximum atomic E-state index is 13.5. The van der Waals surface area contributed by atoms with Gasteiger partial charge in [0.1, 0.15) is 29.7 Å². The van der Waals surface area contributed by atoms with Crippen molar-refractivity contribution in [2.45, 2.75) is 29.4 Å². The normalized spacial score (nSPS) is 17.5. The molecule has 35 heavy (non-hydrogen) atoms. The van der Waals surface area contributed by atoms with Crippen LogP contribution in [0.1, 0.15) is 30.1 Å². The second kappa shape index (κ2) is 12.4. The van der Waals surface area contributed by atoms with Gasteiger partial charge in [-0.2, -0.15) is 0 Å². The number of nitrogens with zero attached hydrogens (tertiary/aromatic N) is 1. The van der Waals surface area contributed by atoms with Gasteiger partial charge in [0, 0.05) is 6.54 Å². The molecule has 8 heteroatoms. The van der Waals surface area contributed by atoms with Crippen molar-refractivity contribution in [2.24, 2.45) is 0 Å². The van der Waals surface area contributed by atoms with Crippen molar-refractivity contribution < 1.29 is 24.1 Å². The molecular weight excluding hydrogens is 489 g/mol. The smallest absolute Gasteiger partial charge is 0.174 e. The fraction of sp³-hybridized carbons (Fsp3) is 0.333. The molecule has 0 bridgehead atoms. The van der Waals surface area contributed by atoms with E-state index in [9.17, 15) is 14.6 Å². The molecule has 1 saturated heterocycles. The number of fused-ring (bicyclic) bond motifs is 1. The van der Waals surface area contributed by atoms with Gasteiger partial charge in [-0.3, -0.25) is 4.90 Å². The zero-order valence-corrected chi connectivity index (χ0v) is 20.9. The molecule has 0 spiro atoms. The topological polar surface area (TPSA) is 62.2 Å². The van der Waals surface area contributed by atoms with Crippen molar-refractivity contribution >= 4 is 23.4 Å². The molecule has 0 radical (unpaired) electrons. The van der Waals surface area contributed by atoms with Crippen LogP contribution < -0.4 is 9.47 Å². The predicted octanol–water partition coefficient (Wildman–Crippen LogP) is 6.67. The highest BCUT2D eigenvalue weighted by Gasteiger charge is 2.27. The van der Waals surface area contributed by atoms with Crippen molar-refractivity contribution in [3.8, 4) is 23.0 Å². The molecule has 3 aromatic carbocycles. The highest BCUT2D eigenvalue weighted by molar-refractivity contribution is 7.99. The molecule has 0 aliphatic carbocycles. The van der Waals surface area contributed by atoms with Crippen LogP contribution in [0.25, 0.3) is 0 Å². The van der Waals surface area contributed by atoms with E-state index in [2.05, 4.69) is 4.90 Å². The molecule has 0 amide bonds. The molecule has 5 nitrogen and oxygen atoms in total. The molecule has 0 saturated carbocycles. The lowest BCUT2D eigenvalue weighted by molar-refractivity contribution is 0.183. The summed E-state index contributed by atoms with van der Waals surface area (Å²) in [5.41, 5.74) is 0.880. The summed E-state index contributed by atoms with van der Waals surface area (Å²) < 4.78 is 24.7. The number of thioether (sulfide) groups is 1. The first kappa shape index (κ1) is 25.5. The van der Waals surface area contributed by atoms with Crippen LogP contribution in [-0.4, -0.2) is 48.0 Å². The van der Waals surface area contributed by atoms with Gasteiger partial charge >= 0.3 is 0 Å². The molecule has 2 aliphatic heterocycles. The number of benzene rings is 3. The van der Waals surface area contributed by atoms with Gasteiger partial charge in [-0.25, -0.2) is 4.39 Å². The Labute approximate surface area is 214 Å². The SMILES string of the molecule is Oc1cccc([C@@H]2COc3c(cc(F)c(O)c3Cl)S2)c1.c1ccc(OCCN2CCCCC2)cc1. The van der Waals surface area contributed by atoms with Gasteiger partial charge in [-0.1, -0.05) is 48.4 Å². The summed E-state index contributed by atoms with van der Waals surface area (Å²) in [6, 6.07) is 18.1. The number of para-hydroxylation sites is 1. The van der Waals surface area contributed by atoms with E-state index in [1.165, 1.54) is 50.2 Å². The Hall–Kier alpha value is -2.61. The lowest BCUT2D eigenvalue weighted by atomic mass is 10.1. The molecule has 0 aromatic heterocycles. The highest BCUT2D eigenvalue weighted by atomic mass is 35.5. The summed E-state index contributed by atoms with van der Waals surface area (Å²) in [5.74, 6) is 0.0773. The van der Waals surface area contributed by atoms with Crippen molar-refractivity contribution in [1.82, 2.24) is 4.90 Å². The minimum atomic E-state index is -0.776. The third kappa shape index (κ3) is 6.97. The summed E-state index contributed by atoms with van der Waals surface area (Å²) in [7, 11) is 0. The molecule has 1 atom stereocenters. The van der Waals surface area contributed by atoms with Crippen LogP contribution >= 0.6 is 23.4 Å². The number of likely N-dealkylation sites (tertiary alicyclic amines) is 1. The molecule has 3 aromatic rings. The van der Waals surface area contributed by atoms with E-state index in [1.54, 1.807) is 18.2 Å². The first-order valence-corrected chi connectivity index (χ1v) is 13.0. The Bertz CT molecular complexity index is 1110. The zero-order valence-electron chi connectivity index (χ0n) is 19.3. The number of aromatic hydroxyl groups is 2. The van der Waals surface area contributed by atoms with Crippen LogP contribution in [0, 0.1) is 5.82 Å². The van der Waals surface area contributed by atoms with Crippen LogP contribution in [0.15, 0.2) is 65.6 Å². The number of phenolic OH excluding ortho intramolecular Hbond substituents is 2. The molecule has 2 heterocycles. The maximum absolute atomic E-state index is 13.5. The van der Waals surface area contributed by atoms with Gasteiger partial charge in [-0.15, -0.1) is 11.8 Å². The fourth-order valence-electron chi connectivity index (χ4n) is 4.02. The summed E-state index contributed by atoms with van der Waals surface area (Å²) in [6.07, 6.45) is 4.10. The van der Waals surface area contributed by atoms with E-state index in [0.717, 1.165) is 24.5 Å². The van der Waals surface area contributed by atoms with Gasteiger partial charge in [0.2, 0.25) is 0 Å². The number of phenols is 2. The van der Waals surface area contributed by atoms with E-state index < -0.39 is 11.6 Å². The Morgan fingerprint density at radius 2 is 1.80 bits per heavy atom. The molecule has 2 N–H and O–H groups in total. The molecule has 2 aliphatic rings. The molecule has 0 unspecified atom stereocenters. The number of hydrogen-bond acceptors (Lipinski definition) is 6. The van der Waals surface area contributed by atoms with E-state index >= 15 is 0 Å². The van der Waals surface area contributed by atoms with E-state index in [-0.39, 0.29) is 16.0 Å². The number of halogens is 2. The third-order valence-electron chi connectivity index (χ3n) is 5.87. The van der Waals surface area contributed by atoms with E-state index in [4.69, 9.17) is 21.1 Å². The minimum Gasteiger partial charge on any atom is -0.508 e. The molecule has 186 valence electrons. The molecular formula is C27H29ClFNO4S. The number of ether oxygens (including phenoxy) is 2. The number of hydrogen-bond donors (Lipinski definition) is 2. The summed E-state index contributed by atoms with van der Waals surface area (Å²) >= 11 is 7.25. The lowest BCUT2D eigenvalue weighted by Crippen LogP contribution is -2.33. The summed E-state index contributed by atoms with van der Waals surface area (Å²) in [6.45, 7) is 4.70. The third-order valence-corrected chi connectivity index (χ3v) is 7.47. The van der Waals surface area contributed by atoms with Crippen LogP contribution in [0.2, 0.25) is 5.02 Å². The Morgan fingerprint density at radius 1 is 1.03 bits per heavy atom. The van der Waals surface area contributed by atoms with Gasteiger partial charge in [0.25, 0.3) is 0 Å². The Balaban J connectivity index is 0.000000172. The van der Waals surface area contributed by atoms with Crippen molar-refractivity contribution in [1.29, 1.82) is 0 Å². The summed E-state index contributed by atoms with van der Waals surface area (Å²) in [5, 5.41) is 18.8. The first-order valence-electron chi connectivity index (χ1n) is 11.7. The minimum absolute atomic E-state index is 0.0744. The van der Waals surface area contributed by atoms with Crippen LogP contribution in [0.3, 0.4) is 0 Å². The largest absolute Gasteiger partial charge is 0.508 e. The number of piperidine rings is 1. The second-order valence-electron chi connectivity index (χ2n) is 8.42.